The monoisotopic (exact) mass is 215 g/mol. The first-order chi connectivity index (χ1) is 7.17. The minimum atomic E-state index is -0.224. The second kappa shape index (κ2) is 5.70. The Morgan fingerprint density at radius 2 is 1.47 bits per heavy atom. The lowest BCUT2D eigenvalue weighted by Gasteiger charge is -2.15. The van der Waals surface area contributed by atoms with Crippen LogP contribution >= 0.6 is 0 Å². The summed E-state index contributed by atoms with van der Waals surface area (Å²) >= 11 is 0. The maximum atomic E-state index is 11.1. The third-order valence-corrected chi connectivity index (χ3v) is 2.79. The predicted molar refractivity (Wildman–Crippen MR) is 53.1 cm³/mol. The Labute approximate surface area is 89.1 Å². The zero-order valence-corrected chi connectivity index (χ0v) is 9.12. The molecule has 1 heterocycles. The summed E-state index contributed by atoms with van der Waals surface area (Å²) in [6.07, 6.45) is 0.732. The van der Waals surface area contributed by atoms with E-state index >= 15 is 0 Å². The van der Waals surface area contributed by atoms with Crippen molar-refractivity contribution in [3.63, 3.8) is 0 Å². The molecule has 86 valence electrons. The lowest BCUT2D eigenvalue weighted by Crippen LogP contribution is -2.20. The molecule has 0 aromatic carbocycles. The number of carbonyl (C=O) groups is 2. The van der Waals surface area contributed by atoms with Gasteiger partial charge >= 0.3 is 11.9 Å². The molecule has 0 bridgehead atoms. The van der Waals surface area contributed by atoms with Crippen molar-refractivity contribution in [1.82, 2.24) is 5.32 Å². The SMILES string of the molecule is COC(=O)C[C@@H]1CNC[C@H]1CC(=O)OC. The molecule has 1 aliphatic rings. The summed E-state index contributed by atoms with van der Waals surface area (Å²) < 4.78 is 9.22. The third kappa shape index (κ3) is 3.51. The van der Waals surface area contributed by atoms with Gasteiger partial charge < -0.3 is 14.8 Å². The van der Waals surface area contributed by atoms with Gasteiger partial charge in [0.1, 0.15) is 0 Å². The van der Waals surface area contributed by atoms with Crippen LogP contribution in [0.4, 0.5) is 0 Å². The van der Waals surface area contributed by atoms with E-state index in [9.17, 15) is 9.59 Å². The molecule has 2 atom stereocenters. The highest BCUT2D eigenvalue weighted by atomic mass is 16.5. The van der Waals surface area contributed by atoms with Crippen LogP contribution in [0.2, 0.25) is 0 Å². The van der Waals surface area contributed by atoms with Crippen molar-refractivity contribution in [3.8, 4) is 0 Å². The summed E-state index contributed by atoms with van der Waals surface area (Å²) in [5.41, 5.74) is 0. The van der Waals surface area contributed by atoms with E-state index in [-0.39, 0.29) is 23.8 Å². The number of ether oxygens (including phenoxy) is 2. The van der Waals surface area contributed by atoms with Crippen LogP contribution in [0.15, 0.2) is 0 Å². The molecule has 1 fully saturated rings. The second-order valence-corrected chi connectivity index (χ2v) is 3.74. The molecule has 1 rings (SSSR count). The van der Waals surface area contributed by atoms with Gasteiger partial charge in [-0.3, -0.25) is 9.59 Å². The molecule has 1 N–H and O–H groups in total. The van der Waals surface area contributed by atoms with Crippen molar-refractivity contribution in [2.75, 3.05) is 27.3 Å². The summed E-state index contributed by atoms with van der Waals surface area (Å²) in [5, 5.41) is 3.17. The normalized spacial score (nSPS) is 24.9. The Hall–Kier alpha value is -1.10. The van der Waals surface area contributed by atoms with Crippen LogP contribution in [0.1, 0.15) is 12.8 Å². The highest BCUT2D eigenvalue weighted by molar-refractivity contribution is 5.71. The smallest absolute Gasteiger partial charge is 0.305 e. The summed E-state index contributed by atoms with van der Waals surface area (Å²) in [6, 6.07) is 0. The van der Waals surface area contributed by atoms with Gasteiger partial charge in [0, 0.05) is 12.8 Å². The maximum Gasteiger partial charge on any atom is 0.305 e. The first-order valence-electron chi connectivity index (χ1n) is 5.01. The molecule has 0 aromatic rings. The second-order valence-electron chi connectivity index (χ2n) is 3.74. The van der Waals surface area contributed by atoms with Gasteiger partial charge in [0.2, 0.25) is 0 Å². The van der Waals surface area contributed by atoms with E-state index < -0.39 is 0 Å². The average Bonchev–Trinajstić information content (AvgIpc) is 2.65. The van der Waals surface area contributed by atoms with Crippen molar-refractivity contribution >= 4 is 11.9 Å². The first kappa shape index (κ1) is 12.0. The van der Waals surface area contributed by atoms with Gasteiger partial charge in [0.15, 0.2) is 0 Å². The number of methoxy groups -OCH3 is 2. The molecule has 0 aromatic heterocycles. The molecule has 0 amide bonds. The molecule has 0 aliphatic carbocycles. The zero-order valence-electron chi connectivity index (χ0n) is 9.12. The number of rotatable bonds is 4. The van der Waals surface area contributed by atoms with Gasteiger partial charge in [0.05, 0.1) is 14.2 Å². The van der Waals surface area contributed by atoms with E-state index in [1.54, 1.807) is 0 Å². The summed E-state index contributed by atoms with van der Waals surface area (Å²) in [7, 11) is 2.75. The van der Waals surface area contributed by atoms with Gasteiger partial charge in [0.25, 0.3) is 0 Å². The topological polar surface area (TPSA) is 64.6 Å². The molecule has 0 radical (unpaired) electrons. The lowest BCUT2D eigenvalue weighted by molar-refractivity contribution is -0.144. The van der Waals surface area contributed by atoms with Crippen molar-refractivity contribution < 1.29 is 19.1 Å². The summed E-state index contributed by atoms with van der Waals surface area (Å²) in [5.74, 6) is -0.0924. The Bertz CT molecular complexity index is 218. The molecular formula is C10H17NO4. The van der Waals surface area contributed by atoms with Crippen LogP contribution in [-0.4, -0.2) is 39.2 Å². The average molecular weight is 215 g/mol. The van der Waals surface area contributed by atoms with Crippen LogP contribution in [0.25, 0.3) is 0 Å². The number of nitrogens with one attached hydrogen (secondary N) is 1. The first-order valence-corrected chi connectivity index (χ1v) is 5.01. The molecular weight excluding hydrogens is 198 g/mol. The van der Waals surface area contributed by atoms with Crippen molar-refractivity contribution in [2.24, 2.45) is 11.8 Å². The van der Waals surface area contributed by atoms with E-state index in [2.05, 4.69) is 14.8 Å². The molecule has 0 unspecified atom stereocenters. The van der Waals surface area contributed by atoms with Crippen LogP contribution in [0.5, 0.6) is 0 Å². The molecule has 1 saturated heterocycles. The lowest BCUT2D eigenvalue weighted by atomic mass is 9.90. The molecule has 15 heavy (non-hydrogen) atoms. The molecule has 5 heteroatoms. The Morgan fingerprint density at radius 3 is 1.80 bits per heavy atom. The zero-order chi connectivity index (χ0) is 11.3. The van der Waals surface area contributed by atoms with Crippen LogP contribution in [0.3, 0.4) is 0 Å². The van der Waals surface area contributed by atoms with Gasteiger partial charge in [-0.15, -0.1) is 0 Å². The highest BCUT2D eigenvalue weighted by Crippen LogP contribution is 2.24. The van der Waals surface area contributed by atoms with Crippen LogP contribution in [-0.2, 0) is 19.1 Å². The van der Waals surface area contributed by atoms with E-state index in [1.165, 1.54) is 14.2 Å². The van der Waals surface area contributed by atoms with E-state index in [1.807, 2.05) is 0 Å². The van der Waals surface area contributed by atoms with E-state index in [0.29, 0.717) is 12.8 Å². The van der Waals surface area contributed by atoms with Crippen LogP contribution in [0, 0.1) is 11.8 Å². The number of hydrogen-bond donors (Lipinski definition) is 1. The summed E-state index contributed by atoms with van der Waals surface area (Å²) in [4.78, 5) is 22.2. The Balaban J connectivity index is 2.42. The molecule has 5 nitrogen and oxygen atoms in total. The van der Waals surface area contributed by atoms with E-state index in [4.69, 9.17) is 0 Å². The van der Waals surface area contributed by atoms with Crippen molar-refractivity contribution in [3.05, 3.63) is 0 Å². The number of hydrogen-bond acceptors (Lipinski definition) is 5. The maximum absolute atomic E-state index is 11.1. The Morgan fingerprint density at radius 1 is 1.07 bits per heavy atom. The van der Waals surface area contributed by atoms with Gasteiger partial charge in [-0.25, -0.2) is 0 Å². The van der Waals surface area contributed by atoms with Crippen molar-refractivity contribution in [1.29, 1.82) is 0 Å². The van der Waals surface area contributed by atoms with Crippen LogP contribution < -0.4 is 5.32 Å². The fourth-order valence-corrected chi connectivity index (χ4v) is 1.86. The molecule has 1 aliphatic heterocycles. The van der Waals surface area contributed by atoms with Gasteiger partial charge in [-0.05, 0) is 24.9 Å². The third-order valence-electron chi connectivity index (χ3n) is 2.79. The minimum absolute atomic E-state index is 0.177. The quantitative estimate of drug-likeness (QED) is 0.666. The minimum Gasteiger partial charge on any atom is -0.469 e. The fourth-order valence-electron chi connectivity index (χ4n) is 1.86. The van der Waals surface area contributed by atoms with Gasteiger partial charge in [-0.2, -0.15) is 0 Å². The van der Waals surface area contributed by atoms with Crippen molar-refractivity contribution in [2.45, 2.75) is 12.8 Å². The van der Waals surface area contributed by atoms with Gasteiger partial charge in [-0.1, -0.05) is 0 Å². The number of carbonyl (C=O) groups excluding carboxylic acids is 2. The summed E-state index contributed by atoms with van der Waals surface area (Å²) in [6.45, 7) is 1.52. The molecule has 0 spiro atoms. The van der Waals surface area contributed by atoms with E-state index in [0.717, 1.165) is 13.1 Å². The fraction of sp³-hybridized carbons (Fsp3) is 0.800. The Kier molecular flexibility index (Phi) is 4.55. The number of esters is 2. The predicted octanol–water partition coefficient (Wildman–Crippen LogP) is -0.0518. The standard InChI is InChI=1S/C10H17NO4/c1-14-9(12)3-7-5-11-6-8(7)4-10(13)15-2/h7-8,11H,3-6H2,1-2H3/t7-,8-/m1/s1. The molecule has 0 saturated carbocycles. The largest absolute Gasteiger partial charge is 0.469 e. The highest BCUT2D eigenvalue weighted by Gasteiger charge is 2.31.